The van der Waals surface area contributed by atoms with E-state index in [-0.39, 0.29) is 11.7 Å². The van der Waals surface area contributed by atoms with Crippen molar-refractivity contribution in [3.63, 3.8) is 0 Å². The molecule has 0 aliphatic rings. The lowest BCUT2D eigenvalue weighted by molar-refractivity contribution is 0.0954. The van der Waals surface area contributed by atoms with E-state index in [4.69, 9.17) is 0 Å². The van der Waals surface area contributed by atoms with Crippen molar-refractivity contribution in [2.24, 2.45) is 0 Å². The highest BCUT2D eigenvalue weighted by molar-refractivity contribution is 7.15. The number of carbonyl (C=O) groups excluding carboxylic acids is 1. The van der Waals surface area contributed by atoms with E-state index in [1.165, 1.54) is 17.4 Å². The van der Waals surface area contributed by atoms with E-state index in [1.807, 2.05) is 30.5 Å². The van der Waals surface area contributed by atoms with E-state index < -0.39 is 0 Å². The number of hydrogen-bond donors (Lipinski definition) is 1. The van der Waals surface area contributed by atoms with Gasteiger partial charge < -0.3 is 5.32 Å². The second-order valence-electron chi connectivity index (χ2n) is 6.21. The van der Waals surface area contributed by atoms with Gasteiger partial charge in [0.15, 0.2) is 5.82 Å². The third-order valence-corrected chi connectivity index (χ3v) is 5.08. The molecule has 5 nitrogen and oxygen atoms in total. The number of thiazole rings is 1. The van der Waals surface area contributed by atoms with Crippen molar-refractivity contribution in [2.75, 3.05) is 6.54 Å². The Morgan fingerprint density at radius 1 is 1.22 bits per heavy atom. The van der Waals surface area contributed by atoms with Gasteiger partial charge in [-0.3, -0.25) is 4.79 Å². The maximum Gasteiger partial charge on any atom is 0.251 e. The molecule has 0 unspecified atom stereocenters. The molecule has 1 amide bonds. The average Bonchev–Trinajstić information content (AvgIpc) is 3.23. The highest BCUT2D eigenvalue weighted by Gasteiger charge is 2.14. The van der Waals surface area contributed by atoms with Crippen molar-refractivity contribution in [1.82, 2.24) is 19.9 Å². The lowest BCUT2D eigenvalue weighted by Gasteiger charge is -2.05. The lowest BCUT2D eigenvalue weighted by atomic mass is 10.1. The van der Waals surface area contributed by atoms with Crippen LogP contribution in [-0.4, -0.2) is 27.0 Å². The second kappa shape index (κ2) is 7.28. The van der Waals surface area contributed by atoms with Crippen molar-refractivity contribution < 1.29 is 9.18 Å². The van der Waals surface area contributed by atoms with Crippen LogP contribution in [0.4, 0.5) is 4.39 Å². The van der Waals surface area contributed by atoms with Crippen molar-refractivity contribution in [3.8, 4) is 11.4 Å². The molecule has 136 valence electrons. The third kappa shape index (κ3) is 3.59. The lowest BCUT2D eigenvalue weighted by Crippen LogP contribution is -2.26. The summed E-state index contributed by atoms with van der Waals surface area (Å²) in [6.07, 6.45) is 0.609. The van der Waals surface area contributed by atoms with Gasteiger partial charge in [-0.15, -0.1) is 16.4 Å². The van der Waals surface area contributed by atoms with Gasteiger partial charge in [-0.05, 0) is 31.2 Å². The molecule has 0 aliphatic carbocycles. The van der Waals surface area contributed by atoms with E-state index in [1.54, 1.807) is 28.8 Å². The highest BCUT2D eigenvalue weighted by Crippen LogP contribution is 2.23. The van der Waals surface area contributed by atoms with Crippen LogP contribution < -0.4 is 5.32 Å². The predicted octanol–water partition coefficient (Wildman–Crippen LogP) is 3.88. The van der Waals surface area contributed by atoms with Gasteiger partial charge in [0.1, 0.15) is 5.82 Å². The molecular weight excluding hydrogens is 363 g/mol. The molecule has 0 saturated carbocycles. The van der Waals surface area contributed by atoms with E-state index in [9.17, 15) is 9.18 Å². The number of carbonyl (C=O) groups is 1. The summed E-state index contributed by atoms with van der Waals surface area (Å²) in [7, 11) is 0. The van der Waals surface area contributed by atoms with E-state index in [0.29, 0.717) is 34.9 Å². The predicted molar refractivity (Wildman–Crippen MR) is 103 cm³/mol. The Bertz CT molecular complexity index is 1120. The maximum atomic E-state index is 14.0. The summed E-state index contributed by atoms with van der Waals surface area (Å²) in [5.74, 6) is -0.0801. The molecule has 0 radical (unpaired) electrons. The molecule has 2 aromatic heterocycles. The summed E-state index contributed by atoms with van der Waals surface area (Å²) >= 11 is 1.45. The molecule has 0 fully saturated rings. The normalized spacial score (nSPS) is 11.0. The smallest absolute Gasteiger partial charge is 0.251 e. The Kier molecular flexibility index (Phi) is 4.68. The van der Waals surface area contributed by atoms with Crippen LogP contribution in [-0.2, 0) is 6.42 Å². The highest BCUT2D eigenvalue weighted by atomic mass is 32.1. The molecule has 0 aliphatic heterocycles. The quantitative estimate of drug-likeness (QED) is 0.572. The van der Waals surface area contributed by atoms with Gasteiger partial charge >= 0.3 is 0 Å². The zero-order valence-corrected chi connectivity index (χ0v) is 15.5. The molecule has 7 heteroatoms. The topological polar surface area (TPSA) is 59.3 Å². The van der Waals surface area contributed by atoms with Gasteiger partial charge in [0.25, 0.3) is 5.91 Å². The number of aryl methyl sites for hydroxylation is 1. The molecule has 0 bridgehead atoms. The molecule has 0 spiro atoms. The van der Waals surface area contributed by atoms with Gasteiger partial charge in [0.2, 0.25) is 4.96 Å². The molecule has 2 aromatic carbocycles. The number of amides is 1. The van der Waals surface area contributed by atoms with Crippen LogP contribution in [0, 0.1) is 12.7 Å². The number of nitrogens with one attached hydrogen (secondary N) is 1. The van der Waals surface area contributed by atoms with Gasteiger partial charge in [0.05, 0.1) is 11.3 Å². The number of fused-ring (bicyclic) bond motifs is 1. The Morgan fingerprint density at radius 3 is 2.89 bits per heavy atom. The summed E-state index contributed by atoms with van der Waals surface area (Å²) in [6, 6.07) is 13.9. The first-order valence-corrected chi connectivity index (χ1v) is 9.43. The second-order valence-corrected chi connectivity index (χ2v) is 7.05. The summed E-state index contributed by atoms with van der Waals surface area (Å²) in [4.78, 5) is 17.3. The standard InChI is InChI=1S/C20H17FN4OS/c1-13-5-4-6-14(11-13)19(26)22-10-9-15-12-27-20-23-18(24-25(15)20)16-7-2-3-8-17(16)21/h2-8,11-12H,9-10H2,1H3,(H,22,26). The molecule has 4 rings (SSSR count). The SMILES string of the molecule is Cc1cccc(C(=O)NCCc2csc3nc(-c4ccccc4F)nn23)c1. The van der Waals surface area contributed by atoms with Gasteiger partial charge in [-0.1, -0.05) is 29.8 Å². The monoisotopic (exact) mass is 380 g/mol. The first-order chi connectivity index (χ1) is 13.1. The first kappa shape index (κ1) is 17.4. The van der Waals surface area contributed by atoms with Gasteiger partial charge in [0, 0.05) is 23.9 Å². The number of hydrogen-bond acceptors (Lipinski definition) is 4. The zero-order chi connectivity index (χ0) is 18.8. The molecule has 27 heavy (non-hydrogen) atoms. The van der Waals surface area contributed by atoms with Crippen molar-refractivity contribution in [2.45, 2.75) is 13.3 Å². The minimum atomic E-state index is -0.345. The molecule has 2 heterocycles. The summed E-state index contributed by atoms with van der Waals surface area (Å²) in [6.45, 7) is 2.43. The van der Waals surface area contributed by atoms with E-state index >= 15 is 0 Å². The minimum Gasteiger partial charge on any atom is -0.352 e. The molecule has 4 aromatic rings. The molecular formula is C20H17FN4OS. The first-order valence-electron chi connectivity index (χ1n) is 8.55. The average molecular weight is 380 g/mol. The van der Waals surface area contributed by atoms with Crippen LogP contribution in [0.15, 0.2) is 53.9 Å². The number of nitrogens with zero attached hydrogens (tertiary/aromatic N) is 3. The third-order valence-electron chi connectivity index (χ3n) is 4.21. The van der Waals surface area contributed by atoms with Gasteiger partial charge in [-0.2, -0.15) is 4.98 Å². The largest absolute Gasteiger partial charge is 0.352 e. The van der Waals surface area contributed by atoms with E-state index in [0.717, 1.165) is 11.3 Å². The number of halogens is 1. The summed E-state index contributed by atoms with van der Waals surface area (Å²) in [5, 5.41) is 9.31. The fourth-order valence-corrected chi connectivity index (χ4v) is 3.70. The number of aromatic nitrogens is 3. The Hall–Kier alpha value is -3.06. The zero-order valence-electron chi connectivity index (χ0n) is 14.6. The van der Waals surface area contributed by atoms with Crippen LogP contribution in [0.3, 0.4) is 0 Å². The Labute approximate surface area is 159 Å². The molecule has 0 atom stereocenters. The summed E-state index contributed by atoms with van der Waals surface area (Å²) in [5.41, 5.74) is 3.00. The van der Waals surface area contributed by atoms with Crippen LogP contribution in [0.25, 0.3) is 16.3 Å². The fourth-order valence-electron chi connectivity index (χ4n) is 2.85. The Balaban J connectivity index is 1.47. The fraction of sp³-hybridized carbons (Fsp3) is 0.150. The molecule has 0 saturated heterocycles. The Morgan fingerprint density at radius 2 is 2.07 bits per heavy atom. The van der Waals surface area contributed by atoms with Gasteiger partial charge in [-0.25, -0.2) is 8.91 Å². The molecule has 1 N–H and O–H groups in total. The van der Waals surface area contributed by atoms with Crippen molar-refractivity contribution in [1.29, 1.82) is 0 Å². The van der Waals surface area contributed by atoms with Crippen LogP contribution in [0.5, 0.6) is 0 Å². The summed E-state index contributed by atoms with van der Waals surface area (Å²) < 4.78 is 15.7. The number of benzene rings is 2. The van der Waals surface area contributed by atoms with E-state index in [2.05, 4.69) is 15.4 Å². The van der Waals surface area contributed by atoms with Crippen LogP contribution >= 0.6 is 11.3 Å². The van der Waals surface area contributed by atoms with Crippen LogP contribution in [0.1, 0.15) is 21.6 Å². The van der Waals surface area contributed by atoms with Crippen LogP contribution in [0.2, 0.25) is 0 Å². The minimum absolute atomic E-state index is 0.101. The van der Waals surface area contributed by atoms with Crippen molar-refractivity contribution >= 4 is 22.2 Å². The number of rotatable bonds is 5. The maximum absolute atomic E-state index is 14.0. The van der Waals surface area contributed by atoms with Crippen molar-refractivity contribution in [3.05, 3.63) is 76.5 Å².